The van der Waals surface area contributed by atoms with E-state index in [2.05, 4.69) is 63.2 Å². The van der Waals surface area contributed by atoms with Gasteiger partial charge in [0.15, 0.2) is 0 Å². The van der Waals surface area contributed by atoms with Gasteiger partial charge in [-0.15, -0.1) is 0 Å². The Morgan fingerprint density at radius 2 is 1.87 bits per heavy atom. The van der Waals surface area contributed by atoms with Crippen molar-refractivity contribution in [2.24, 2.45) is 5.92 Å². The van der Waals surface area contributed by atoms with Crippen LogP contribution in [0.25, 0.3) is 11.6 Å². The van der Waals surface area contributed by atoms with Crippen molar-refractivity contribution in [3.63, 3.8) is 0 Å². The molecule has 1 aliphatic heterocycles. The third kappa shape index (κ3) is 4.13. The Morgan fingerprint density at radius 1 is 1.06 bits per heavy atom. The minimum absolute atomic E-state index is 0.188. The van der Waals surface area contributed by atoms with E-state index in [-0.39, 0.29) is 5.78 Å². The molecule has 0 N–H and O–H groups in total. The van der Waals surface area contributed by atoms with Crippen molar-refractivity contribution in [1.29, 1.82) is 0 Å². The summed E-state index contributed by atoms with van der Waals surface area (Å²) in [6.07, 6.45) is 7.26. The third-order valence-electron chi connectivity index (χ3n) is 6.18. The zero-order valence-corrected chi connectivity index (χ0v) is 18.0. The molecule has 2 aromatic heterocycles. The van der Waals surface area contributed by atoms with Crippen molar-refractivity contribution >= 4 is 23.1 Å². The molecule has 31 heavy (non-hydrogen) atoms. The van der Waals surface area contributed by atoms with Crippen LogP contribution in [0.1, 0.15) is 40.7 Å². The molecule has 5 heteroatoms. The number of hydrogen-bond acceptors (Lipinski definition) is 5. The lowest BCUT2D eigenvalue weighted by atomic mass is 9.99. The van der Waals surface area contributed by atoms with Gasteiger partial charge in [-0.05, 0) is 47.8 Å². The first-order chi connectivity index (χ1) is 15.0. The number of anilines is 1. The quantitative estimate of drug-likeness (QED) is 0.613. The number of Topliss-reactive ketones (excluding diaryl/α,β-unsaturated/α-hetero) is 1. The maximum absolute atomic E-state index is 12.6. The number of carbonyl (C=O) groups excluding carboxylic acids is 1. The summed E-state index contributed by atoms with van der Waals surface area (Å²) in [6.45, 7) is 6.43. The Morgan fingerprint density at radius 3 is 2.61 bits per heavy atom. The highest BCUT2D eigenvalue weighted by atomic mass is 16.1. The van der Waals surface area contributed by atoms with E-state index in [9.17, 15) is 4.79 Å². The van der Waals surface area contributed by atoms with Gasteiger partial charge in [-0.25, -0.2) is 9.97 Å². The monoisotopic (exact) mass is 410 g/mol. The van der Waals surface area contributed by atoms with Crippen LogP contribution in [0.3, 0.4) is 0 Å². The summed E-state index contributed by atoms with van der Waals surface area (Å²) >= 11 is 0. The van der Waals surface area contributed by atoms with E-state index >= 15 is 0 Å². The smallest absolute Gasteiger partial charge is 0.143 e. The average Bonchev–Trinajstić information content (AvgIpc) is 3.18. The lowest BCUT2D eigenvalue weighted by Gasteiger charge is -2.39. The normalized spacial score (nSPS) is 15.4. The molecule has 0 saturated carbocycles. The van der Waals surface area contributed by atoms with Crippen LogP contribution in [0, 0.1) is 12.8 Å². The number of hydrogen-bond donors (Lipinski definition) is 0. The fraction of sp³-hybridized carbons (Fsp3) is 0.308. The fourth-order valence-corrected chi connectivity index (χ4v) is 4.45. The van der Waals surface area contributed by atoms with Gasteiger partial charge < -0.3 is 4.90 Å². The van der Waals surface area contributed by atoms with Crippen molar-refractivity contribution in [1.82, 2.24) is 15.0 Å². The van der Waals surface area contributed by atoms with Gasteiger partial charge in [0.1, 0.15) is 12.1 Å². The van der Waals surface area contributed by atoms with Crippen LogP contribution in [0.2, 0.25) is 0 Å². The van der Waals surface area contributed by atoms with E-state index in [1.54, 1.807) is 6.33 Å². The molecule has 5 rings (SSSR count). The molecule has 3 aromatic rings. The molecular formula is C26H26N4O. The number of aromatic nitrogens is 3. The van der Waals surface area contributed by atoms with Crippen LogP contribution >= 0.6 is 0 Å². The van der Waals surface area contributed by atoms with Gasteiger partial charge in [-0.2, -0.15) is 0 Å². The van der Waals surface area contributed by atoms with Crippen LogP contribution in [-0.4, -0.2) is 33.8 Å². The fourth-order valence-electron chi connectivity index (χ4n) is 4.45. The molecule has 1 saturated heterocycles. The number of pyridine rings is 1. The SMILES string of the molecule is Cc1ncnc2c1C=C(c1ccc(CC(=O)Cc3cc(N4CC(C)C4)ccn3)cc1)C2. The molecular weight excluding hydrogens is 384 g/mol. The molecule has 156 valence electrons. The molecule has 2 aliphatic rings. The summed E-state index contributed by atoms with van der Waals surface area (Å²) in [7, 11) is 0. The van der Waals surface area contributed by atoms with E-state index in [4.69, 9.17) is 0 Å². The number of benzene rings is 1. The molecule has 1 fully saturated rings. The zero-order valence-electron chi connectivity index (χ0n) is 18.0. The maximum atomic E-state index is 12.6. The number of ketones is 1. The number of fused-ring (bicyclic) bond motifs is 1. The van der Waals surface area contributed by atoms with Crippen LogP contribution < -0.4 is 4.90 Å². The van der Waals surface area contributed by atoms with Crippen LogP contribution in [0.15, 0.2) is 48.9 Å². The van der Waals surface area contributed by atoms with E-state index in [1.807, 2.05) is 19.2 Å². The Bertz CT molecular complexity index is 1160. The standard InChI is InChI=1S/C26H26N4O/c1-17-14-30(15-17)23-7-8-27-22(12-23)13-24(31)9-19-3-5-20(6-4-19)21-10-25-18(2)28-16-29-26(25)11-21/h3-8,10,12,16-17H,9,11,13-15H2,1-2H3. The van der Waals surface area contributed by atoms with Gasteiger partial charge in [0, 0.05) is 61.2 Å². The lowest BCUT2D eigenvalue weighted by molar-refractivity contribution is -0.117. The Hall–Kier alpha value is -3.34. The highest BCUT2D eigenvalue weighted by Crippen LogP contribution is 2.31. The first kappa shape index (κ1) is 19.6. The van der Waals surface area contributed by atoms with Crippen molar-refractivity contribution in [2.45, 2.75) is 33.1 Å². The third-order valence-corrected chi connectivity index (χ3v) is 6.18. The highest BCUT2D eigenvalue weighted by Gasteiger charge is 2.23. The summed E-state index contributed by atoms with van der Waals surface area (Å²) in [5.41, 5.74) is 8.72. The Balaban J connectivity index is 1.22. The Kier molecular flexibility index (Phi) is 5.10. The topological polar surface area (TPSA) is 59.0 Å². The predicted molar refractivity (Wildman–Crippen MR) is 123 cm³/mol. The van der Waals surface area contributed by atoms with Gasteiger partial charge in [0.25, 0.3) is 0 Å². The molecule has 0 bridgehead atoms. The van der Waals surface area contributed by atoms with Gasteiger partial charge in [0.2, 0.25) is 0 Å². The summed E-state index contributed by atoms with van der Waals surface area (Å²) in [4.78, 5) is 28.1. The molecule has 0 unspecified atom stereocenters. The number of allylic oxidation sites excluding steroid dienone is 1. The van der Waals surface area contributed by atoms with Crippen molar-refractivity contribution in [2.75, 3.05) is 18.0 Å². The van der Waals surface area contributed by atoms with Gasteiger partial charge in [-0.3, -0.25) is 9.78 Å². The summed E-state index contributed by atoms with van der Waals surface area (Å²) in [6, 6.07) is 12.4. The van der Waals surface area contributed by atoms with Crippen molar-refractivity contribution < 1.29 is 4.79 Å². The maximum Gasteiger partial charge on any atom is 0.143 e. The number of carbonyl (C=O) groups is 1. The van der Waals surface area contributed by atoms with Gasteiger partial charge >= 0.3 is 0 Å². The highest BCUT2D eigenvalue weighted by molar-refractivity contribution is 5.88. The van der Waals surface area contributed by atoms with Crippen LogP contribution in [0.4, 0.5) is 5.69 Å². The number of rotatable bonds is 6. The first-order valence-corrected chi connectivity index (χ1v) is 10.9. The largest absolute Gasteiger partial charge is 0.371 e. The average molecular weight is 411 g/mol. The first-order valence-electron chi connectivity index (χ1n) is 10.9. The number of aryl methyl sites for hydroxylation is 1. The molecule has 1 aromatic carbocycles. The second-order valence-corrected chi connectivity index (χ2v) is 8.77. The molecule has 5 nitrogen and oxygen atoms in total. The summed E-state index contributed by atoms with van der Waals surface area (Å²) < 4.78 is 0. The zero-order chi connectivity index (χ0) is 21.4. The van der Waals surface area contributed by atoms with Crippen molar-refractivity contribution in [3.05, 3.63) is 82.7 Å². The van der Waals surface area contributed by atoms with Gasteiger partial charge in [0.05, 0.1) is 5.69 Å². The van der Waals surface area contributed by atoms with Crippen LogP contribution in [-0.2, 0) is 24.1 Å². The van der Waals surface area contributed by atoms with Gasteiger partial charge in [-0.1, -0.05) is 31.2 Å². The van der Waals surface area contributed by atoms with E-state index < -0.39 is 0 Å². The second kappa shape index (κ2) is 8.06. The Labute approximate surface area is 182 Å². The minimum atomic E-state index is 0.188. The van der Waals surface area contributed by atoms with E-state index in [1.165, 1.54) is 16.8 Å². The minimum Gasteiger partial charge on any atom is -0.371 e. The van der Waals surface area contributed by atoms with E-state index in [0.717, 1.165) is 53.6 Å². The molecule has 1 aliphatic carbocycles. The molecule has 0 radical (unpaired) electrons. The van der Waals surface area contributed by atoms with Crippen molar-refractivity contribution in [3.8, 4) is 0 Å². The second-order valence-electron chi connectivity index (χ2n) is 8.77. The summed E-state index contributed by atoms with van der Waals surface area (Å²) in [5, 5.41) is 0. The molecule has 0 amide bonds. The number of nitrogens with zero attached hydrogens (tertiary/aromatic N) is 4. The van der Waals surface area contributed by atoms with Crippen LogP contribution in [0.5, 0.6) is 0 Å². The predicted octanol–water partition coefficient (Wildman–Crippen LogP) is 4.09. The summed E-state index contributed by atoms with van der Waals surface area (Å²) in [5.74, 6) is 0.931. The van der Waals surface area contributed by atoms with E-state index in [0.29, 0.717) is 12.8 Å². The lowest BCUT2D eigenvalue weighted by Crippen LogP contribution is -2.45. The molecule has 0 atom stereocenters. The molecule has 0 spiro atoms. The molecule has 3 heterocycles.